The van der Waals surface area contributed by atoms with Gasteiger partial charge in [-0.15, -0.1) is 0 Å². The number of anilines is 1. The van der Waals surface area contributed by atoms with Gasteiger partial charge in [-0.1, -0.05) is 48.5 Å². The highest BCUT2D eigenvalue weighted by Gasteiger charge is 2.30. The van der Waals surface area contributed by atoms with Gasteiger partial charge in [0, 0.05) is 30.8 Å². The first-order valence-corrected chi connectivity index (χ1v) is 11.4. The lowest BCUT2D eigenvalue weighted by Gasteiger charge is -2.24. The Morgan fingerprint density at radius 2 is 1.63 bits per heavy atom. The summed E-state index contributed by atoms with van der Waals surface area (Å²) in [5.41, 5.74) is 2.54. The normalized spacial score (nSPS) is 14.5. The Labute approximate surface area is 202 Å². The van der Waals surface area contributed by atoms with E-state index in [1.807, 2.05) is 54.6 Å². The molecule has 0 aliphatic carbocycles. The Bertz CT molecular complexity index is 1220. The highest BCUT2D eigenvalue weighted by atomic mass is 19.2. The Morgan fingerprint density at radius 1 is 0.943 bits per heavy atom. The zero-order chi connectivity index (χ0) is 24.9. The number of carbonyl (C=O) groups excluding carboxylic acids is 2. The number of para-hydroxylation sites is 1. The third kappa shape index (κ3) is 5.71. The van der Waals surface area contributed by atoms with Crippen molar-refractivity contribution in [3.05, 3.63) is 101 Å². The van der Waals surface area contributed by atoms with E-state index in [1.165, 1.54) is 4.90 Å². The molecular weight excluding hydrogens is 455 g/mol. The Morgan fingerprint density at radius 3 is 2.37 bits per heavy atom. The van der Waals surface area contributed by atoms with E-state index in [1.54, 1.807) is 11.9 Å². The molecule has 8 heteroatoms. The molecule has 1 atom stereocenters. The van der Waals surface area contributed by atoms with Crippen molar-refractivity contribution in [3.8, 4) is 0 Å². The molecule has 3 aromatic carbocycles. The van der Waals surface area contributed by atoms with Gasteiger partial charge in [0.1, 0.15) is 12.4 Å². The molecule has 2 amide bonds. The van der Waals surface area contributed by atoms with Crippen LogP contribution in [0, 0.1) is 17.5 Å². The highest BCUT2D eigenvalue weighted by Crippen LogP contribution is 2.28. The number of fused-ring (bicyclic) bond motifs is 1. The predicted octanol–water partition coefficient (Wildman–Crippen LogP) is 4.20. The molecule has 0 fully saturated rings. The van der Waals surface area contributed by atoms with Crippen LogP contribution in [0.15, 0.2) is 66.7 Å². The van der Waals surface area contributed by atoms with Crippen molar-refractivity contribution in [3.63, 3.8) is 0 Å². The number of nitrogens with zero attached hydrogens (tertiary/aromatic N) is 2. The fourth-order valence-corrected chi connectivity index (χ4v) is 4.27. The van der Waals surface area contributed by atoms with Crippen molar-refractivity contribution >= 4 is 17.5 Å². The number of hydrogen-bond acceptors (Lipinski definition) is 3. The monoisotopic (exact) mass is 481 g/mol. The molecule has 1 aliphatic heterocycles. The topological polar surface area (TPSA) is 52.7 Å². The molecule has 5 nitrogen and oxygen atoms in total. The molecule has 1 aliphatic rings. The van der Waals surface area contributed by atoms with Crippen molar-refractivity contribution in [2.75, 3.05) is 18.5 Å². The van der Waals surface area contributed by atoms with Crippen LogP contribution in [-0.2, 0) is 29.1 Å². The molecule has 0 saturated heterocycles. The lowest BCUT2D eigenvalue weighted by molar-refractivity contribution is -0.136. The third-order valence-electron chi connectivity index (χ3n) is 6.19. The van der Waals surface area contributed by atoms with Gasteiger partial charge in [0.05, 0.1) is 6.54 Å². The molecule has 1 N–H and O–H groups in total. The lowest BCUT2D eigenvalue weighted by atomic mass is 10.0. The Kier molecular flexibility index (Phi) is 7.51. The largest absolute Gasteiger partial charge is 0.329 e. The average molecular weight is 482 g/mol. The first-order valence-electron chi connectivity index (χ1n) is 11.4. The lowest BCUT2D eigenvalue weighted by Crippen LogP contribution is -2.42. The minimum absolute atomic E-state index is 0.0101. The van der Waals surface area contributed by atoms with Gasteiger partial charge in [-0.25, -0.2) is 13.2 Å². The van der Waals surface area contributed by atoms with E-state index in [9.17, 15) is 22.8 Å². The van der Waals surface area contributed by atoms with Crippen LogP contribution in [0.1, 0.15) is 23.1 Å². The standard InChI is InChI=1S/C27H26F3N3O2/c1-31-21(11-20-12-23(29)24(30)14-22(20)28)13-26(34)32-16-19-9-5-6-10-25(19)33(27(35)17-32)15-18-7-3-2-4-8-18/h2-10,12,14,21,31H,11,13,15-17H2,1H3/t21-/m1/s1. The first-order chi connectivity index (χ1) is 16.9. The van der Waals surface area contributed by atoms with E-state index >= 15 is 0 Å². The van der Waals surface area contributed by atoms with Crippen molar-refractivity contribution < 1.29 is 22.8 Å². The second-order valence-electron chi connectivity index (χ2n) is 8.60. The van der Waals surface area contributed by atoms with Gasteiger partial charge >= 0.3 is 0 Å². The summed E-state index contributed by atoms with van der Waals surface area (Å²) in [4.78, 5) is 29.6. The molecule has 182 valence electrons. The number of likely N-dealkylation sites (N-methyl/N-ethyl adjacent to an activating group) is 1. The summed E-state index contributed by atoms with van der Waals surface area (Å²) < 4.78 is 41.0. The minimum atomic E-state index is -1.26. The van der Waals surface area contributed by atoms with Crippen LogP contribution in [0.4, 0.5) is 18.9 Å². The van der Waals surface area contributed by atoms with E-state index in [0.29, 0.717) is 12.6 Å². The van der Waals surface area contributed by atoms with Crippen LogP contribution in [0.3, 0.4) is 0 Å². The number of halogens is 3. The predicted molar refractivity (Wildman–Crippen MR) is 127 cm³/mol. The smallest absolute Gasteiger partial charge is 0.246 e. The van der Waals surface area contributed by atoms with Gasteiger partial charge in [0.25, 0.3) is 0 Å². The second-order valence-corrected chi connectivity index (χ2v) is 8.60. The van der Waals surface area contributed by atoms with Gasteiger partial charge < -0.3 is 15.1 Å². The van der Waals surface area contributed by atoms with Gasteiger partial charge in [-0.2, -0.15) is 0 Å². The number of benzene rings is 3. The number of nitrogens with one attached hydrogen (secondary N) is 1. The van der Waals surface area contributed by atoms with E-state index in [2.05, 4.69) is 5.32 Å². The molecule has 3 aromatic rings. The van der Waals surface area contributed by atoms with Gasteiger partial charge in [0.15, 0.2) is 11.6 Å². The molecule has 4 rings (SSSR count). The summed E-state index contributed by atoms with van der Waals surface area (Å²) in [7, 11) is 1.61. The number of hydrogen-bond donors (Lipinski definition) is 1. The van der Waals surface area contributed by atoms with E-state index in [0.717, 1.165) is 22.9 Å². The average Bonchev–Trinajstić information content (AvgIpc) is 2.99. The number of rotatable bonds is 7. The molecule has 0 saturated carbocycles. The zero-order valence-electron chi connectivity index (χ0n) is 19.3. The van der Waals surface area contributed by atoms with Gasteiger partial charge in [0.2, 0.25) is 11.8 Å². The molecule has 1 heterocycles. The molecule has 0 unspecified atom stereocenters. The fraction of sp³-hybridized carbons (Fsp3) is 0.259. The number of amides is 2. The van der Waals surface area contributed by atoms with Crippen LogP contribution in [-0.4, -0.2) is 36.3 Å². The van der Waals surface area contributed by atoms with Crippen LogP contribution < -0.4 is 10.2 Å². The van der Waals surface area contributed by atoms with Crippen molar-refractivity contribution in [2.45, 2.75) is 32.0 Å². The molecular formula is C27H26F3N3O2. The van der Waals surface area contributed by atoms with Crippen LogP contribution in [0.2, 0.25) is 0 Å². The van der Waals surface area contributed by atoms with E-state index in [4.69, 9.17) is 0 Å². The summed E-state index contributed by atoms with van der Waals surface area (Å²) in [5, 5.41) is 2.94. The summed E-state index contributed by atoms with van der Waals surface area (Å²) in [6.45, 7) is 0.533. The summed E-state index contributed by atoms with van der Waals surface area (Å²) in [6, 6.07) is 17.9. The summed E-state index contributed by atoms with van der Waals surface area (Å²) >= 11 is 0. The molecule has 0 spiro atoms. The van der Waals surface area contributed by atoms with Gasteiger partial charge in [-0.05, 0) is 42.3 Å². The van der Waals surface area contributed by atoms with E-state index < -0.39 is 23.5 Å². The second kappa shape index (κ2) is 10.7. The highest BCUT2D eigenvalue weighted by molar-refractivity contribution is 5.98. The fourth-order valence-electron chi connectivity index (χ4n) is 4.27. The molecule has 0 radical (unpaired) electrons. The van der Waals surface area contributed by atoms with Crippen LogP contribution in [0.5, 0.6) is 0 Å². The Hall–Kier alpha value is -3.65. The maximum absolute atomic E-state index is 14.1. The quantitative estimate of drug-likeness (QED) is 0.515. The minimum Gasteiger partial charge on any atom is -0.329 e. The van der Waals surface area contributed by atoms with Gasteiger partial charge in [-0.3, -0.25) is 9.59 Å². The maximum atomic E-state index is 14.1. The maximum Gasteiger partial charge on any atom is 0.246 e. The molecule has 0 bridgehead atoms. The zero-order valence-corrected chi connectivity index (χ0v) is 19.3. The SMILES string of the molecule is CN[C@@H](CC(=O)N1CC(=O)N(Cc2ccccc2)c2ccccc2C1)Cc1cc(F)c(F)cc1F. The van der Waals surface area contributed by atoms with Crippen LogP contribution in [0.25, 0.3) is 0 Å². The first kappa shape index (κ1) is 24.5. The molecule has 35 heavy (non-hydrogen) atoms. The summed E-state index contributed by atoms with van der Waals surface area (Å²) in [6.07, 6.45) is -0.0488. The molecule has 0 aromatic heterocycles. The van der Waals surface area contributed by atoms with E-state index in [-0.39, 0.29) is 43.3 Å². The van der Waals surface area contributed by atoms with Crippen molar-refractivity contribution in [2.24, 2.45) is 0 Å². The number of carbonyl (C=O) groups is 2. The van der Waals surface area contributed by atoms with Crippen LogP contribution >= 0.6 is 0 Å². The third-order valence-corrected chi connectivity index (χ3v) is 6.19. The van der Waals surface area contributed by atoms with Crippen molar-refractivity contribution in [1.82, 2.24) is 10.2 Å². The van der Waals surface area contributed by atoms with Crippen molar-refractivity contribution in [1.29, 1.82) is 0 Å². The summed E-state index contributed by atoms with van der Waals surface area (Å²) in [5.74, 6) is -3.77. The Balaban J connectivity index is 1.51.